The number of carbonyl (C=O) groups excluding carboxylic acids is 1. The van der Waals surface area contributed by atoms with Gasteiger partial charge in [0.05, 0.1) is 16.3 Å². The van der Waals surface area contributed by atoms with Crippen LogP contribution in [0, 0.1) is 25.5 Å². The third kappa shape index (κ3) is 5.08. The van der Waals surface area contributed by atoms with Crippen LogP contribution in [0.4, 0.5) is 19.6 Å². The Labute approximate surface area is 205 Å². The smallest absolute Gasteiger partial charge is 0.264 e. The Morgan fingerprint density at radius 1 is 0.943 bits per heavy atom. The molecule has 35 heavy (non-hydrogen) atoms. The van der Waals surface area contributed by atoms with Crippen LogP contribution < -0.4 is 9.62 Å². The van der Waals surface area contributed by atoms with Crippen molar-refractivity contribution in [2.75, 3.05) is 16.7 Å². The summed E-state index contributed by atoms with van der Waals surface area (Å²) >= 11 is 1.21. The van der Waals surface area contributed by atoms with Crippen molar-refractivity contribution in [1.82, 2.24) is 4.98 Å². The van der Waals surface area contributed by atoms with E-state index in [1.54, 1.807) is 43.3 Å². The van der Waals surface area contributed by atoms with Crippen LogP contribution in [0.15, 0.2) is 71.6 Å². The molecule has 180 valence electrons. The fraction of sp³-hybridized carbons (Fsp3) is 0.120. The van der Waals surface area contributed by atoms with E-state index >= 15 is 0 Å². The maximum Gasteiger partial charge on any atom is 0.264 e. The van der Waals surface area contributed by atoms with Gasteiger partial charge in [0.25, 0.3) is 15.9 Å². The number of sulfonamides is 1. The van der Waals surface area contributed by atoms with Crippen LogP contribution in [0.25, 0.3) is 11.3 Å². The number of nitrogens with one attached hydrogen (secondary N) is 1. The fourth-order valence-corrected chi connectivity index (χ4v) is 5.39. The zero-order valence-electron chi connectivity index (χ0n) is 19.0. The summed E-state index contributed by atoms with van der Waals surface area (Å²) in [7, 11) is -2.30. The predicted molar refractivity (Wildman–Crippen MR) is 133 cm³/mol. The maximum absolute atomic E-state index is 13.6. The molecule has 0 aliphatic heterocycles. The minimum atomic E-state index is -3.75. The molecule has 0 aliphatic carbocycles. The van der Waals surface area contributed by atoms with Gasteiger partial charge in [-0.1, -0.05) is 17.7 Å². The molecule has 0 saturated heterocycles. The second-order valence-corrected chi connectivity index (χ2v) is 11.0. The summed E-state index contributed by atoms with van der Waals surface area (Å²) in [4.78, 5) is 18.0. The first-order chi connectivity index (χ1) is 16.6. The largest absolute Gasteiger partial charge is 0.298 e. The molecule has 3 aromatic carbocycles. The van der Waals surface area contributed by atoms with Crippen LogP contribution in [-0.2, 0) is 10.0 Å². The van der Waals surface area contributed by atoms with Crippen molar-refractivity contribution >= 4 is 38.1 Å². The van der Waals surface area contributed by atoms with Crippen molar-refractivity contribution in [3.05, 3.63) is 94.4 Å². The zero-order valence-corrected chi connectivity index (χ0v) is 20.7. The number of nitrogens with zero attached hydrogens (tertiary/aromatic N) is 2. The first-order valence-corrected chi connectivity index (χ1v) is 12.7. The molecule has 6 nitrogen and oxygen atoms in total. The normalized spacial score (nSPS) is 11.3. The number of anilines is 2. The lowest BCUT2D eigenvalue weighted by atomic mass is 10.1. The van der Waals surface area contributed by atoms with Gasteiger partial charge < -0.3 is 0 Å². The van der Waals surface area contributed by atoms with E-state index in [4.69, 9.17) is 0 Å². The summed E-state index contributed by atoms with van der Waals surface area (Å²) in [6, 6.07) is 16.2. The zero-order chi connectivity index (χ0) is 25.3. The quantitative estimate of drug-likeness (QED) is 0.354. The van der Waals surface area contributed by atoms with Crippen molar-refractivity contribution in [2.24, 2.45) is 0 Å². The molecule has 0 unspecified atom stereocenters. The van der Waals surface area contributed by atoms with Crippen molar-refractivity contribution in [2.45, 2.75) is 18.7 Å². The van der Waals surface area contributed by atoms with Gasteiger partial charge in [-0.25, -0.2) is 22.2 Å². The summed E-state index contributed by atoms with van der Waals surface area (Å²) < 4.78 is 53.8. The lowest BCUT2D eigenvalue weighted by molar-refractivity contribution is 0.102. The van der Waals surface area contributed by atoms with Gasteiger partial charge in [0.2, 0.25) is 0 Å². The first-order valence-electron chi connectivity index (χ1n) is 10.5. The number of aromatic nitrogens is 1. The molecule has 1 heterocycles. The Bertz CT molecular complexity index is 1500. The van der Waals surface area contributed by atoms with E-state index in [1.807, 2.05) is 6.92 Å². The molecule has 1 amide bonds. The Balaban J connectivity index is 1.50. The number of benzene rings is 3. The average Bonchev–Trinajstić information content (AvgIpc) is 3.20. The summed E-state index contributed by atoms with van der Waals surface area (Å²) in [6.45, 7) is 3.64. The highest BCUT2D eigenvalue weighted by atomic mass is 32.2. The van der Waals surface area contributed by atoms with Gasteiger partial charge in [0.15, 0.2) is 16.8 Å². The van der Waals surface area contributed by atoms with E-state index in [0.717, 1.165) is 26.9 Å². The highest BCUT2D eigenvalue weighted by molar-refractivity contribution is 7.92. The number of amides is 1. The monoisotopic (exact) mass is 513 g/mol. The third-order valence-electron chi connectivity index (χ3n) is 5.38. The van der Waals surface area contributed by atoms with Gasteiger partial charge >= 0.3 is 0 Å². The Kier molecular flexibility index (Phi) is 6.68. The van der Waals surface area contributed by atoms with Crippen LogP contribution in [0.1, 0.15) is 20.8 Å². The molecule has 4 rings (SSSR count). The highest BCUT2D eigenvalue weighted by Gasteiger charge is 2.21. The van der Waals surface area contributed by atoms with Gasteiger partial charge in [-0.05, 0) is 68.4 Å². The van der Waals surface area contributed by atoms with Crippen LogP contribution in [-0.4, -0.2) is 26.4 Å². The summed E-state index contributed by atoms with van der Waals surface area (Å²) in [5.74, 6) is -2.36. The van der Waals surface area contributed by atoms with E-state index in [9.17, 15) is 22.0 Å². The summed E-state index contributed by atoms with van der Waals surface area (Å²) in [6.07, 6.45) is 0. The summed E-state index contributed by atoms with van der Waals surface area (Å²) in [5, 5.41) is 3.00. The van der Waals surface area contributed by atoms with E-state index in [1.165, 1.54) is 36.6 Å². The van der Waals surface area contributed by atoms with E-state index < -0.39 is 27.6 Å². The minimum absolute atomic E-state index is 0.170. The van der Waals surface area contributed by atoms with Crippen LogP contribution in [0.3, 0.4) is 0 Å². The van der Waals surface area contributed by atoms with Crippen LogP contribution in [0.5, 0.6) is 0 Å². The molecule has 1 aromatic heterocycles. The average molecular weight is 514 g/mol. The Hall–Kier alpha value is -3.63. The molecule has 4 aromatic rings. The van der Waals surface area contributed by atoms with Gasteiger partial charge in [0.1, 0.15) is 0 Å². The van der Waals surface area contributed by atoms with Crippen molar-refractivity contribution < 1.29 is 22.0 Å². The topological polar surface area (TPSA) is 79.4 Å². The van der Waals surface area contributed by atoms with Crippen molar-refractivity contribution in [1.29, 1.82) is 0 Å². The molecular formula is C25H21F2N3O3S2. The second-order valence-electron chi connectivity index (χ2n) is 7.84. The molecule has 0 spiro atoms. The van der Waals surface area contributed by atoms with Gasteiger partial charge in [-0.3, -0.25) is 14.4 Å². The molecule has 0 radical (unpaired) electrons. The highest BCUT2D eigenvalue weighted by Crippen LogP contribution is 2.31. The third-order valence-corrected chi connectivity index (χ3v) is 8.07. The molecule has 0 bridgehead atoms. The van der Waals surface area contributed by atoms with Gasteiger partial charge in [-0.15, -0.1) is 11.3 Å². The van der Waals surface area contributed by atoms with Crippen LogP contribution >= 0.6 is 11.3 Å². The number of rotatable bonds is 6. The Morgan fingerprint density at radius 2 is 1.60 bits per heavy atom. The molecular weight excluding hydrogens is 492 g/mol. The van der Waals surface area contributed by atoms with Gasteiger partial charge in [0, 0.05) is 23.1 Å². The van der Waals surface area contributed by atoms with Crippen molar-refractivity contribution in [3.63, 3.8) is 0 Å². The molecule has 1 N–H and O–H groups in total. The lowest BCUT2D eigenvalue weighted by Gasteiger charge is -2.20. The number of aryl methyl sites for hydroxylation is 2. The molecule has 10 heteroatoms. The maximum atomic E-state index is 13.6. The summed E-state index contributed by atoms with van der Waals surface area (Å²) in [5.41, 5.74) is 2.50. The number of thiazole rings is 1. The number of halogens is 2. The lowest BCUT2D eigenvalue weighted by Crippen LogP contribution is -2.26. The second kappa shape index (κ2) is 9.55. The van der Waals surface area contributed by atoms with Gasteiger partial charge in [-0.2, -0.15) is 0 Å². The molecule has 0 saturated carbocycles. The predicted octanol–water partition coefficient (Wildman–Crippen LogP) is 5.78. The first kappa shape index (κ1) is 24.5. The SMILES string of the molecule is Cc1ccc(S(=O)(=O)N(C)c2ccc(C(=O)Nc3nc(-c4ccc(F)c(F)c4)c(C)s3)cc2)cc1. The van der Waals surface area contributed by atoms with Crippen molar-refractivity contribution in [3.8, 4) is 11.3 Å². The number of carbonyl (C=O) groups is 1. The van der Waals surface area contributed by atoms with Crippen LogP contribution in [0.2, 0.25) is 0 Å². The van der Waals surface area contributed by atoms with E-state index in [-0.39, 0.29) is 4.90 Å². The minimum Gasteiger partial charge on any atom is -0.298 e. The number of hydrogen-bond acceptors (Lipinski definition) is 5. The molecule has 0 aliphatic rings. The van der Waals surface area contributed by atoms with E-state index in [0.29, 0.717) is 27.6 Å². The van der Waals surface area contributed by atoms with E-state index in [2.05, 4.69) is 10.3 Å². The standard InChI is InChI=1S/C25H21F2N3O3S2/c1-15-4-11-20(12-5-15)35(32,33)30(3)19-9-6-17(7-10-19)24(31)29-25-28-23(16(2)34-25)18-8-13-21(26)22(27)14-18/h4-14H,1-3H3,(H,28,29,31). The Morgan fingerprint density at radius 3 is 2.23 bits per heavy atom. The molecule has 0 fully saturated rings. The fourth-order valence-electron chi connectivity index (χ4n) is 3.36. The molecule has 0 atom stereocenters. The number of hydrogen-bond donors (Lipinski definition) is 1.